The Kier molecular flexibility index (Phi) is 5.75. The second kappa shape index (κ2) is 7.77. The molecule has 0 radical (unpaired) electrons. The highest BCUT2D eigenvalue weighted by molar-refractivity contribution is 5.76. The topological polar surface area (TPSA) is 85.8 Å². The molecule has 23 heavy (non-hydrogen) atoms. The number of carbonyl (C=O) groups excluding carboxylic acids is 1. The van der Waals surface area contributed by atoms with Crippen LogP contribution in [0.25, 0.3) is 0 Å². The zero-order valence-electron chi connectivity index (χ0n) is 13.7. The average molecular weight is 313 g/mol. The molecule has 0 bridgehead atoms. The van der Waals surface area contributed by atoms with Crippen LogP contribution in [0.4, 0.5) is 0 Å². The summed E-state index contributed by atoms with van der Waals surface area (Å²) >= 11 is 0. The second-order valence-electron chi connectivity index (χ2n) is 6.12. The molecule has 5 heteroatoms. The predicted octanol–water partition coefficient (Wildman–Crippen LogP) is 2.27. The fraction of sp³-hybridized carbons (Fsp3) is 0.500. The Bertz CT molecular complexity index is 710. The van der Waals surface area contributed by atoms with Crippen LogP contribution in [0.2, 0.25) is 0 Å². The summed E-state index contributed by atoms with van der Waals surface area (Å²) in [6.07, 6.45) is 8.50. The number of allylic oxidation sites excluding steroid dienone is 2. The first-order chi connectivity index (χ1) is 11.0. The van der Waals surface area contributed by atoms with Crippen molar-refractivity contribution in [2.45, 2.75) is 46.0 Å². The quantitative estimate of drug-likeness (QED) is 0.818. The van der Waals surface area contributed by atoms with Crippen LogP contribution in [0, 0.1) is 31.1 Å². The number of aromatic amines is 1. The van der Waals surface area contributed by atoms with Gasteiger partial charge in [0.15, 0.2) is 0 Å². The average Bonchev–Trinajstić information content (AvgIpc) is 2.53. The lowest BCUT2D eigenvalue weighted by molar-refractivity contribution is -0.121. The van der Waals surface area contributed by atoms with Gasteiger partial charge in [0.25, 0.3) is 5.56 Å². The summed E-state index contributed by atoms with van der Waals surface area (Å²) in [6.45, 7) is 4.29. The molecule has 2 rings (SSSR count). The van der Waals surface area contributed by atoms with Gasteiger partial charge in [-0.1, -0.05) is 12.2 Å². The van der Waals surface area contributed by atoms with Crippen LogP contribution in [0.1, 0.15) is 48.1 Å². The largest absolute Gasteiger partial charge is 0.356 e. The van der Waals surface area contributed by atoms with Crippen molar-refractivity contribution >= 4 is 5.91 Å². The van der Waals surface area contributed by atoms with Crippen LogP contribution in [0.5, 0.6) is 0 Å². The Morgan fingerprint density at radius 1 is 1.43 bits per heavy atom. The van der Waals surface area contributed by atoms with Crippen molar-refractivity contribution in [2.24, 2.45) is 5.92 Å². The van der Waals surface area contributed by atoms with E-state index in [1.54, 1.807) is 13.8 Å². The number of H-pyrrole nitrogens is 1. The molecule has 0 unspecified atom stereocenters. The van der Waals surface area contributed by atoms with Crippen LogP contribution in [-0.2, 0) is 11.2 Å². The first-order valence-corrected chi connectivity index (χ1v) is 8.07. The van der Waals surface area contributed by atoms with Gasteiger partial charge >= 0.3 is 0 Å². The van der Waals surface area contributed by atoms with Crippen molar-refractivity contribution < 1.29 is 4.79 Å². The third-order valence-corrected chi connectivity index (χ3v) is 4.49. The number of aromatic nitrogens is 1. The van der Waals surface area contributed by atoms with Crippen LogP contribution in [-0.4, -0.2) is 17.4 Å². The van der Waals surface area contributed by atoms with Gasteiger partial charge in [0, 0.05) is 18.7 Å². The fourth-order valence-corrected chi connectivity index (χ4v) is 3.05. The molecule has 0 saturated carbocycles. The van der Waals surface area contributed by atoms with E-state index in [0.29, 0.717) is 24.3 Å². The molecule has 1 aliphatic carbocycles. The van der Waals surface area contributed by atoms with Gasteiger partial charge in [-0.15, -0.1) is 0 Å². The van der Waals surface area contributed by atoms with Crippen molar-refractivity contribution in [1.29, 1.82) is 5.26 Å². The highest BCUT2D eigenvalue weighted by atomic mass is 16.1. The third kappa shape index (κ3) is 4.32. The minimum atomic E-state index is -0.360. The summed E-state index contributed by atoms with van der Waals surface area (Å²) in [6, 6.07) is 1.94. The van der Waals surface area contributed by atoms with Crippen LogP contribution < -0.4 is 10.9 Å². The molecular formula is C18H23N3O2. The first kappa shape index (κ1) is 17.0. The van der Waals surface area contributed by atoms with Gasteiger partial charge in [0.2, 0.25) is 5.91 Å². The number of pyridine rings is 1. The molecule has 1 aromatic heterocycles. The minimum absolute atomic E-state index is 0.0167. The number of nitrogens with one attached hydrogen (secondary N) is 2. The number of amides is 1. The maximum Gasteiger partial charge on any atom is 0.266 e. The highest BCUT2D eigenvalue weighted by Crippen LogP contribution is 2.17. The molecule has 0 aliphatic heterocycles. The Morgan fingerprint density at radius 2 is 2.22 bits per heavy atom. The van der Waals surface area contributed by atoms with E-state index in [-0.39, 0.29) is 17.0 Å². The highest BCUT2D eigenvalue weighted by Gasteiger charge is 2.14. The van der Waals surface area contributed by atoms with Gasteiger partial charge in [-0.2, -0.15) is 5.26 Å². The van der Waals surface area contributed by atoms with Crippen molar-refractivity contribution in [3.63, 3.8) is 0 Å². The molecule has 1 heterocycles. The zero-order chi connectivity index (χ0) is 16.8. The number of aryl methyl sites for hydroxylation is 1. The zero-order valence-corrected chi connectivity index (χ0v) is 13.7. The number of rotatable bonds is 5. The second-order valence-corrected chi connectivity index (χ2v) is 6.12. The third-order valence-electron chi connectivity index (χ3n) is 4.49. The first-order valence-electron chi connectivity index (χ1n) is 8.07. The molecular weight excluding hydrogens is 290 g/mol. The number of nitriles is 1. The monoisotopic (exact) mass is 313 g/mol. The fourth-order valence-electron chi connectivity index (χ4n) is 3.05. The lowest BCUT2D eigenvalue weighted by atomic mass is 9.94. The summed E-state index contributed by atoms with van der Waals surface area (Å²) in [5, 5.41) is 12.1. The Morgan fingerprint density at radius 3 is 2.87 bits per heavy atom. The molecule has 2 N–H and O–H groups in total. The summed E-state index contributed by atoms with van der Waals surface area (Å²) in [5.74, 6) is 0.550. The smallest absolute Gasteiger partial charge is 0.266 e. The summed E-state index contributed by atoms with van der Waals surface area (Å²) in [4.78, 5) is 26.4. The number of hydrogen-bond donors (Lipinski definition) is 2. The van der Waals surface area contributed by atoms with E-state index >= 15 is 0 Å². The summed E-state index contributed by atoms with van der Waals surface area (Å²) in [7, 11) is 0. The molecule has 1 amide bonds. The van der Waals surface area contributed by atoms with Gasteiger partial charge in [-0.3, -0.25) is 9.59 Å². The van der Waals surface area contributed by atoms with E-state index in [2.05, 4.69) is 22.5 Å². The number of hydrogen-bond acceptors (Lipinski definition) is 3. The van der Waals surface area contributed by atoms with Gasteiger partial charge in [-0.05, 0) is 56.6 Å². The standard InChI is InChI=1S/C18H23N3O2/c1-12-15(13(2)21-18(23)16(12)10-19)8-9-17(22)20-11-14-6-4-3-5-7-14/h3-4,14H,5-9,11H2,1-2H3,(H,20,22)(H,21,23)/t14-/m0/s1. The van der Waals surface area contributed by atoms with Gasteiger partial charge in [0.1, 0.15) is 11.6 Å². The molecule has 0 spiro atoms. The van der Waals surface area contributed by atoms with Crippen LogP contribution >= 0.6 is 0 Å². The van der Waals surface area contributed by atoms with Crippen molar-refractivity contribution in [3.05, 3.63) is 44.9 Å². The van der Waals surface area contributed by atoms with Gasteiger partial charge in [-0.25, -0.2) is 0 Å². The molecule has 1 atom stereocenters. The molecule has 122 valence electrons. The van der Waals surface area contributed by atoms with Gasteiger partial charge < -0.3 is 10.3 Å². The Labute approximate surface area is 136 Å². The lowest BCUT2D eigenvalue weighted by Crippen LogP contribution is -2.30. The normalized spacial score (nSPS) is 16.8. The van der Waals surface area contributed by atoms with Crippen molar-refractivity contribution in [3.8, 4) is 6.07 Å². The van der Waals surface area contributed by atoms with Gasteiger partial charge in [0.05, 0.1) is 0 Å². The summed E-state index contributed by atoms with van der Waals surface area (Å²) in [5.41, 5.74) is 2.08. The van der Waals surface area contributed by atoms with Crippen LogP contribution in [0.15, 0.2) is 16.9 Å². The van der Waals surface area contributed by atoms with E-state index in [9.17, 15) is 9.59 Å². The van der Waals surface area contributed by atoms with E-state index in [1.807, 2.05) is 6.07 Å². The van der Waals surface area contributed by atoms with E-state index < -0.39 is 0 Å². The predicted molar refractivity (Wildman–Crippen MR) is 89.1 cm³/mol. The Balaban J connectivity index is 1.93. The van der Waals surface area contributed by atoms with Crippen LogP contribution in [0.3, 0.4) is 0 Å². The van der Waals surface area contributed by atoms with E-state index in [0.717, 1.165) is 37.1 Å². The van der Waals surface area contributed by atoms with Crippen molar-refractivity contribution in [2.75, 3.05) is 6.54 Å². The summed E-state index contributed by atoms with van der Waals surface area (Å²) < 4.78 is 0. The molecule has 1 aliphatic rings. The maximum atomic E-state index is 12.0. The number of nitrogens with zero attached hydrogens (tertiary/aromatic N) is 1. The Hall–Kier alpha value is -2.35. The van der Waals surface area contributed by atoms with E-state index in [4.69, 9.17) is 5.26 Å². The van der Waals surface area contributed by atoms with E-state index in [1.165, 1.54) is 0 Å². The molecule has 1 aromatic rings. The molecule has 5 nitrogen and oxygen atoms in total. The lowest BCUT2D eigenvalue weighted by Gasteiger charge is -2.18. The SMILES string of the molecule is Cc1[nH]c(=O)c(C#N)c(C)c1CCC(=O)NC[C@H]1CC=CCC1. The molecule has 0 aromatic carbocycles. The van der Waals surface area contributed by atoms with Crippen molar-refractivity contribution in [1.82, 2.24) is 10.3 Å². The number of carbonyl (C=O) groups is 1. The molecule has 0 fully saturated rings. The molecule has 0 saturated heterocycles. The minimum Gasteiger partial charge on any atom is -0.356 e. The maximum absolute atomic E-state index is 12.0.